The highest BCUT2D eigenvalue weighted by Gasteiger charge is 2.17. The summed E-state index contributed by atoms with van der Waals surface area (Å²) in [5.74, 6) is 0.410. The third-order valence-electron chi connectivity index (χ3n) is 4.83. The molecule has 0 aliphatic rings. The zero-order valence-corrected chi connectivity index (χ0v) is 19.0. The molecular weight excluding hydrogens is 402 g/mol. The molecule has 0 fully saturated rings. The van der Waals surface area contributed by atoms with Crippen molar-refractivity contribution in [3.8, 4) is 6.01 Å². The van der Waals surface area contributed by atoms with Crippen LogP contribution >= 0.6 is 0 Å². The van der Waals surface area contributed by atoms with E-state index in [1.165, 1.54) is 0 Å². The van der Waals surface area contributed by atoms with Gasteiger partial charge in [0.25, 0.3) is 5.91 Å². The molecule has 0 saturated carbocycles. The number of carbonyl (C=O) groups excluding carboxylic acids is 1. The molecule has 0 radical (unpaired) electrons. The van der Waals surface area contributed by atoms with Gasteiger partial charge in [-0.3, -0.25) is 9.78 Å². The third-order valence-corrected chi connectivity index (χ3v) is 4.83. The summed E-state index contributed by atoms with van der Waals surface area (Å²) >= 11 is 0. The van der Waals surface area contributed by atoms with Crippen LogP contribution in [0.25, 0.3) is 0 Å². The molecule has 168 valence electrons. The zero-order chi connectivity index (χ0) is 22.8. The van der Waals surface area contributed by atoms with Gasteiger partial charge in [-0.2, -0.15) is 9.97 Å². The monoisotopic (exact) mass is 433 g/mol. The van der Waals surface area contributed by atoms with E-state index in [4.69, 9.17) is 4.74 Å². The Kier molecular flexibility index (Phi) is 8.54. The lowest BCUT2D eigenvalue weighted by Crippen LogP contribution is -2.27. The molecule has 0 atom stereocenters. The largest absolute Gasteiger partial charge is 0.463 e. The SMILES string of the molecule is CCCN(CCC)c1cc(C(=O)Nc2cccc(C)c2)nc(OCCc2ccccn2)n1. The van der Waals surface area contributed by atoms with Crippen molar-refractivity contribution in [3.05, 3.63) is 71.7 Å². The third kappa shape index (κ3) is 6.77. The standard InChI is InChI=1S/C25H31N5O2/c1-4-14-30(15-5-2)23-18-22(24(31)27-21-11-8-9-19(3)17-21)28-25(29-23)32-16-12-20-10-6-7-13-26-20/h6-11,13,17-18H,4-5,12,14-16H2,1-3H3,(H,27,31). The molecule has 1 N–H and O–H groups in total. The minimum absolute atomic E-state index is 0.199. The van der Waals surface area contributed by atoms with E-state index >= 15 is 0 Å². The molecule has 3 aromatic rings. The van der Waals surface area contributed by atoms with Gasteiger partial charge in [0.05, 0.1) is 6.61 Å². The van der Waals surface area contributed by atoms with Crippen LogP contribution in [0.15, 0.2) is 54.7 Å². The van der Waals surface area contributed by atoms with Gasteiger partial charge in [-0.05, 0) is 49.6 Å². The lowest BCUT2D eigenvalue weighted by Gasteiger charge is -2.23. The normalized spacial score (nSPS) is 10.6. The number of aryl methyl sites for hydroxylation is 1. The second-order valence-electron chi connectivity index (χ2n) is 7.62. The summed E-state index contributed by atoms with van der Waals surface area (Å²) in [6, 6.07) is 15.4. The summed E-state index contributed by atoms with van der Waals surface area (Å²) < 4.78 is 5.85. The van der Waals surface area contributed by atoms with Crippen LogP contribution in [-0.2, 0) is 6.42 Å². The second-order valence-corrected chi connectivity index (χ2v) is 7.62. The minimum Gasteiger partial charge on any atom is -0.463 e. The molecule has 1 aromatic carbocycles. The summed E-state index contributed by atoms with van der Waals surface area (Å²) in [6.07, 6.45) is 4.34. The number of amides is 1. The topological polar surface area (TPSA) is 80.2 Å². The second kappa shape index (κ2) is 11.8. The average Bonchev–Trinajstić information content (AvgIpc) is 2.79. The van der Waals surface area contributed by atoms with E-state index in [9.17, 15) is 4.79 Å². The van der Waals surface area contributed by atoms with E-state index in [2.05, 4.69) is 39.0 Å². The van der Waals surface area contributed by atoms with Crippen molar-refractivity contribution in [1.29, 1.82) is 0 Å². The van der Waals surface area contributed by atoms with Gasteiger partial charge in [0.2, 0.25) is 0 Å². The average molecular weight is 434 g/mol. The molecule has 1 amide bonds. The maximum Gasteiger partial charge on any atom is 0.319 e. The Morgan fingerprint density at radius 1 is 1.03 bits per heavy atom. The van der Waals surface area contributed by atoms with E-state index in [-0.39, 0.29) is 17.6 Å². The predicted molar refractivity (Wildman–Crippen MR) is 127 cm³/mol. The number of pyridine rings is 1. The predicted octanol–water partition coefficient (Wildman–Crippen LogP) is 4.68. The van der Waals surface area contributed by atoms with E-state index in [0.29, 0.717) is 18.8 Å². The zero-order valence-electron chi connectivity index (χ0n) is 19.0. The Balaban J connectivity index is 1.82. The van der Waals surface area contributed by atoms with E-state index in [1.807, 2.05) is 49.4 Å². The number of rotatable bonds is 11. The molecule has 7 heteroatoms. The Bertz CT molecular complexity index is 1000. The van der Waals surface area contributed by atoms with Crippen LogP contribution in [0.4, 0.5) is 11.5 Å². The number of hydrogen-bond donors (Lipinski definition) is 1. The molecule has 32 heavy (non-hydrogen) atoms. The smallest absolute Gasteiger partial charge is 0.319 e. The molecule has 0 aliphatic heterocycles. The van der Waals surface area contributed by atoms with Crippen molar-refractivity contribution in [2.75, 3.05) is 29.9 Å². The molecule has 3 rings (SSSR count). The Morgan fingerprint density at radius 2 is 1.84 bits per heavy atom. The first kappa shape index (κ1) is 23.2. The van der Waals surface area contributed by atoms with Crippen molar-refractivity contribution in [1.82, 2.24) is 15.0 Å². The molecule has 7 nitrogen and oxygen atoms in total. The number of anilines is 2. The van der Waals surface area contributed by atoms with E-state index < -0.39 is 0 Å². The van der Waals surface area contributed by atoms with Gasteiger partial charge in [0.1, 0.15) is 11.5 Å². The van der Waals surface area contributed by atoms with E-state index in [0.717, 1.165) is 42.9 Å². The van der Waals surface area contributed by atoms with Crippen molar-refractivity contribution < 1.29 is 9.53 Å². The van der Waals surface area contributed by atoms with Gasteiger partial charge in [0, 0.05) is 43.2 Å². The van der Waals surface area contributed by atoms with Gasteiger partial charge in [-0.1, -0.05) is 32.0 Å². The fraction of sp³-hybridized carbons (Fsp3) is 0.360. The Labute approximate surface area is 189 Å². The summed E-state index contributed by atoms with van der Waals surface area (Å²) in [6.45, 7) is 8.30. The van der Waals surface area contributed by atoms with Crippen LogP contribution in [0.5, 0.6) is 6.01 Å². The highest BCUT2D eigenvalue weighted by atomic mass is 16.5. The van der Waals surface area contributed by atoms with Crippen molar-refractivity contribution >= 4 is 17.4 Å². The summed E-state index contributed by atoms with van der Waals surface area (Å²) in [7, 11) is 0. The van der Waals surface area contributed by atoms with E-state index in [1.54, 1.807) is 12.3 Å². The highest BCUT2D eigenvalue weighted by Crippen LogP contribution is 2.19. The van der Waals surface area contributed by atoms with Gasteiger partial charge >= 0.3 is 6.01 Å². The molecular formula is C25H31N5O2. The summed E-state index contributed by atoms with van der Waals surface area (Å²) in [4.78, 5) is 28.4. The van der Waals surface area contributed by atoms with Crippen molar-refractivity contribution in [3.63, 3.8) is 0 Å². The molecule has 0 spiro atoms. The quantitative estimate of drug-likeness (QED) is 0.473. The van der Waals surface area contributed by atoms with Crippen LogP contribution in [0.3, 0.4) is 0 Å². The molecule has 0 saturated heterocycles. The number of nitrogens with one attached hydrogen (secondary N) is 1. The molecule has 0 aliphatic carbocycles. The van der Waals surface area contributed by atoms with Crippen LogP contribution in [0.1, 0.15) is 48.4 Å². The van der Waals surface area contributed by atoms with Crippen LogP contribution < -0.4 is 15.0 Å². The maximum absolute atomic E-state index is 13.0. The van der Waals surface area contributed by atoms with Crippen molar-refractivity contribution in [2.45, 2.75) is 40.0 Å². The Hall–Kier alpha value is -3.48. The number of benzene rings is 1. The van der Waals surface area contributed by atoms with Crippen LogP contribution in [0, 0.1) is 6.92 Å². The number of hydrogen-bond acceptors (Lipinski definition) is 6. The van der Waals surface area contributed by atoms with Crippen molar-refractivity contribution in [2.24, 2.45) is 0 Å². The minimum atomic E-state index is -0.290. The van der Waals surface area contributed by atoms with Crippen LogP contribution in [-0.4, -0.2) is 40.6 Å². The summed E-state index contributed by atoms with van der Waals surface area (Å²) in [5.41, 5.74) is 3.01. The maximum atomic E-state index is 13.0. The van der Waals surface area contributed by atoms with Gasteiger partial charge in [0.15, 0.2) is 0 Å². The fourth-order valence-corrected chi connectivity index (χ4v) is 3.35. The number of carbonyl (C=O) groups is 1. The summed E-state index contributed by atoms with van der Waals surface area (Å²) in [5, 5.41) is 2.93. The Morgan fingerprint density at radius 3 is 2.53 bits per heavy atom. The van der Waals surface area contributed by atoms with Gasteiger partial charge < -0.3 is 15.0 Å². The molecule has 0 unspecified atom stereocenters. The number of ether oxygens (including phenoxy) is 1. The highest BCUT2D eigenvalue weighted by molar-refractivity contribution is 6.03. The molecule has 2 heterocycles. The first-order valence-electron chi connectivity index (χ1n) is 11.1. The first-order valence-corrected chi connectivity index (χ1v) is 11.1. The lowest BCUT2D eigenvalue weighted by atomic mass is 10.2. The lowest BCUT2D eigenvalue weighted by molar-refractivity contribution is 0.102. The fourth-order valence-electron chi connectivity index (χ4n) is 3.35. The van der Waals surface area contributed by atoms with Gasteiger partial charge in [-0.25, -0.2) is 0 Å². The van der Waals surface area contributed by atoms with Gasteiger partial charge in [-0.15, -0.1) is 0 Å². The molecule has 2 aromatic heterocycles. The first-order chi connectivity index (χ1) is 15.6. The molecule has 0 bridgehead atoms. The number of aromatic nitrogens is 3. The number of nitrogens with zero attached hydrogens (tertiary/aromatic N) is 4. The van der Waals surface area contributed by atoms with Crippen LogP contribution in [0.2, 0.25) is 0 Å².